The molecule has 2 atom stereocenters. The molecule has 0 saturated carbocycles. The van der Waals surface area contributed by atoms with Gasteiger partial charge in [0.15, 0.2) is 0 Å². The molecule has 0 spiro atoms. The third-order valence-electron chi connectivity index (χ3n) is 3.64. The zero-order valence-electron chi connectivity index (χ0n) is 10.8. The largest absolute Gasteiger partial charge is 0.324 e. The van der Waals surface area contributed by atoms with E-state index in [1.54, 1.807) is 0 Å². The second kappa shape index (κ2) is 5.28. The monoisotopic (exact) mass is 213 g/mol. The molecule has 3 nitrogen and oxygen atoms in total. The normalized spacial score (nSPS) is 28.0. The van der Waals surface area contributed by atoms with Crippen molar-refractivity contribution in [3.8, 4) is 0 Å². The maximum atomic E-state index is 6.20. The van der Waals surface area contributed by atoms with Gasteiger partial charge in [0.05, 0.1) is 0 Å². The second-order valence-corrected chi connectivity index (χ2v) is 5.48. The molecule has 3 heteroatoms. The molecule has 0 aromatic rings. The molecule has 2 unspecified atom stereocenters. The number of hydrogen-bond acceptors (Lipinski definition) is 3. The standard InChI is InChI=1S/C12H27N3/c1-5-12(2,13)10-15(4)11-7-6-8-14(3)9-11/h11H,5-10,13H2,1-4H3. The number of nitrogens with zero attached hydrogens (tertiary/aromatic N) is 2. The summed E-state index contributed by atoms with van der Waals surface area (Å²) in [6.07, 6.45) is 3.68. The number of nitrogens with two attached hydrogens (primary N) is 1. The van der Waals surface area contributed by atoms with Crippen molar-refractivity contribution in [1.29, 1.82) is 0 Å². The van der Waals surface area contributed by atoms with E-state index in [0.717, 1.165) is 13.0 Å². The van der Waals surface area contributed by atoms with E-state index in [9.17, 15) is 0 Å². The van der Waals surface area contributed by atoms with Crippen LogP contribution in [0.15, 0.2) is 0 Å². The molecule has 0 aromatic heterocycles. The summed E-state index contributed by atoms with van der Waals surface area (Å²) in [4.78, 5) is 4.86. The van der Waals surface area contributed by atoms with Crippen LogP contribution < -0.4 is 5.73 Å². The van der Waals surface area contributed by atoms with E-state index in [1.807, 2.05) is 0 Å². The molecular formula is C12H27N3. The lowest BCUT2D eigenvalue weighted by atomic mass is 9.97. The van der Waals surface area contributed by atoms with Crippen LogP contribution in [-0.2, 0) is 0 Å². The van der Waals surface area contributed by atoms with Gasteiger partial charge in [-0.2, -0.15) is 0 Å². The van der Waals surface area contributed by atoms with Crippen molar-refractivity contribution in [2.24, 2.45) is 5.73 Å². The van der Waals surface area contributed by atoms with Gasteiger partial charge in [0.1, 0.15) is 0 Å². The third kappa shape index (κ3) is 4.09. The Morgan fingerprint density at radius 1 is 1.53 bits per heavy atom. The molecule has 1 saturated heterocycles. The predicted octanol–water partition coefficient (Wildman–Crippen LogP) is 1.14. The Hall–Kier alpha value is -0.120. The van der Waals surface area contributed by atoms with Gasteiger partial charge in [-0.15, -0.1) is 0 Å². The average Bonchev–Trinajstić information content (AvgIpc) is 2.17. The minimum atomic E-state index is -0.0369. The summed E-state index contributed by atoms with van der Waals surface area (Å²) in [5.41, 5.74) is 6.17. The highest BCUT2D eigenvalue weighted by Gasteiger charge is 2.25. The zero-order valence-corrected chi connectivity index (χ0v) is 10.8. The molecule has 15 heavy (non-hydrogen) atoms. The fraction of sp³-hybridized carbons (Fsp3) is 1.00. The summed E-state index contributed by atoms with van der Waals surface area (Å²) in [5, 5.41) is 0. The van der Waals surface area contributed by atoms with E-state index in [2.05, 4.69) is 37.7 Å². The first-order valence-electron chi connectivity index (χ1n) is 6.12. The Labute approximate surface area is 94.6 Å². The van der Waals surface area contributed by atoms with Gasteiger partial charge >= 0.3 is 0 Å². The molecule has 0 aliphatic carbocycles. The third-order valence-corrected chi connectivity index (χ3v) is 3.64. The number of piperidine rings is 1. The molecule has 0 aromatic carbocycles. The van der Waals surface area contributed by atoms with Gasteiger partial charge < -0.3 is 15.5 Å². The van der Waals surface area contributed by atoms with Crippen molar-refractivity contribution in [1.82, 2.24) is 9.80 Å². The van der Waals surface area contributed by atoms with Crippen molar-refractivity contribution in [3.63, 3.8) is 0 Å². The number of hydrogen-bond donors (Lipinski definition) is 1. The Bertz CT molecular complexity index is 191. The van der Waals surface area contributed by atoms with E-state index in [0.29, 0.717) is 6.04 Å². The molecule has 1 heterocycles. The Morgan fingerprint density at radius 3 is 2.73 bits per heavy atom. The quantitative estimate of drug-likeness (QED) is 0.760. The maximum absolute atomic E-state index is 6.20. The van der Waals surface area contributed by atoms with Crippen molar-refractivity contribution in [3.05, 3.63) is 0 Å². The van der Waals surface area contributed by atoms with Crippen molar-refractivity contribution in [2.75, 3.05) is 33.7 Å². The van der Waals surface area contributed by atoms with E-state index in [4.69, 9.17) is 5.73 Å². The lowest BCUT2D eigenvalue weighted by molar-refractivity contribution is 0.115. The number of likely N-dealkylation sites (tertiary alicyclic amines) is 1. The molecule has 1 aliphatic rings. The predicted molar refractivity (Wildman–Crippen MR) is 66.0 cm³/mol. The Kier molecular flexibility index (Phi) is 4.56. The average molecular weight is 213 g/mol. The first-order valence-corrected chi connectivity index (χ1v) is 6.12. The van der Waals surface area contributed by atoms with Crippen LogP contribution in [0.2, 0.25) is 0 Å². The molecule has 0 amide bonds. The van der Waals surface area contributed by atoms with Gasteiger partial charge in [-0.3, -0.25) is 0 Å². The fourth-order valence-electron chi connectivity index (χ4n) is 2.31. The van der Waals surface area contributed by atoms with Crippen LogP contribution in [0.4, 0.5) is 0 Å². The highest BCUT2D eigenvalue weighted by Crippen LogP contribution is 2.16. The van der Waals surface area contributed by atoms with Crippen LogP contribution in [0.1, 0.15) is 33.1 Å². The van der Waals surface area contributed by atoms with Gasteiger partial charge in [0, 0.05) is 24.7 Å². The topological polar surface area (TPSA) is 32.5 Å². The van der Waals surface area contributed by atoms with Crippen molar-refractivity contribution < 1.29 is 0 Å². The minimum Gasteiger partial charge on any atom is -0.324 e. The molecule has 1 fully saturated rings. The zero-order chi connectivity index (χ0) is 11.5. The van der Waals surface area contributed by atoms with Gasteiger partial charge in [-0.25, -0.2) is 0 Å². The van der Waals surface area contributed by atoms with Crippen molar-refractivity contribution in [2.45, 2.75) is 44.7 Å². The van der Waals surface area contributed by atoms with Gasteiger partial charge in [-0.1, -0.05) is 6.92 Å². The summed E-state index contributed by atoms with van der Waals surface area (Å²) in [5.74, 6) is 0. The highest BCUT2D eigenvalue weighted by molar-refractivity contribution is 4.85. The first kappa shape index (κ1) is 12.9. The van der Waals surface area contributed by atoms with E-state index >= 15 is 0 Å². The molecule has 2 N–H and O–H groups in total. The van der Waals surface area contributed by atoms with Crippen LogP contribution in [0.25, 0.3) is 0 Å². The maximum Gasteiger partial charge on any atom is 0.0252 e. The van der Waals surface area contributed by atoms with Crippen molar-refractivity contribution >= 4 is 0 Å². The Morgan fingerprint density at radius 2 is 2.20 bits per heavy atom. The fourth-order valence-corrected chi connectivity index (χ4v) is 2.31. The summed E-state index contributed by atoms with van der Waals surface area (Å²) in [6.45, 7) is 7.76. The van der Waals surface area contributed by atoms with Gasteiger partial charge in [0.25, 0.3) is 0 Å². The van der Waals surface area contributed by atoms with Crippen LogP contribution in [-0.4, -0.2) is 55.1 Å². The smallest absolute Gasteiger partial charge is 0.0252 e. The highest BCUT2D eigenvalue weighted by atomic mass is 15.2. The van der Waals surface area contributed by atoms with Gasteiger partial charge in [-0.05, 0) is 46.8 Å². The minimum absolute atomic E-state index is 0.0369. The first-order chi connectivity index (χ1) is 6.94. The summed E-state index contributed by atoms with van der Waals surface area (Å²) >= 11 is 0. The summed E-state index contributed by atoms with van der Waals surface area (Å²) in [6, 6.07) is 0.693. The molecule has 0 radical (unpaired) electrons. The van der Waals surface area contributed by atoms with E-state index in [-0.39, 0.29) is 5.54 Å². The van der Waals surface area contributed by atoms with Crippen LogP contribution >= 0.6 is 0 Å². The molecule has 1 rings (SSSR count). The van der Waals surface area contributed by atoms with Crippen LogP contribution in [0, 0.1) is 0 Å². The van der Waals surface area contributed by atoms with E-state index in [1.165, 1.54) is 25.9 Å². The molecule has 0 bridgehead atoms. The number of likely N-dealkylation sites (N-methyl/N-ethyl adjacent to an activating group) is 2. The molecular weight excluding hydrogens is 186 g/mol. The van der Waals surface area contributed by atoms with Crippen LogP contribution in [0.5, 0.6) is 0 Å². The lowest BCUT2D eigenvalue weighted by Gasteiger charge is -2.39. The van der Waals surface area contributed by atoms with E-state index < -0.39 is 0 Å². The summed E-state index contributed by atoms with van der Waals surface area (Å²) < 4.78 is 0. The number of rotatable bonds is 4. The second-order valence-electron chi connectivity index (χ2n) is 5.48. The van der Waals surface area contributed by atoms with Crippen LogP contribution in [0.3, 0.4) is 0 Å². The molecule has 1 aliphatic heterocycles. The summed E-state index contributed by atoms with van der Waals surface area (Å²) in [7, 11) is 4.42. The van der Waals surface area contributed by atoms with Gasteiger partial charge in [0.2, 0.25) is 0 Å². The SMILES string of the molecule is CCC(C)(N)CN(C)C1CCCN(C)C1. The Balaban J connectivity index is 2.42. The molecule has 90 valence electrons. The lowest BCUT2D eigenvalue weighted by Crippen LogP contribution is -2.52.